The highest BCUT2D eigenvalue weighted by molar-refractivity contribution is 5.72. The molecule has 1 aromatic carbocycles. The van der Waals surface area contributed by atoms with Gasteiger partial charge in [0.15, 0.2) is 0 Å². The van der Waals surface area contributed by atoms with Crippen molar-refractivity contribution in [2.75, 3.05) is 18.8 Å². The van der Waals surface area contributed by atoms with E-state index in [0.29, 0.717) is 5.92 Å². The highest BCUT2D eigenvalue weighted by atomic mass is 16.6. The lowest BCUT2D eigenvalue weighted by molar-refractivity contribution is -0.162. The molecule has 0 aliphatic carbocycles. The Labute approximate surface area is 140 Å². The third-order valence-corrected chi connectivity index (χ3v) is 4.48. The lowest BCUT2D eigenvalue weighted by Gasteiger charge is -2.35. The predicted molar refractivity (Wildman–Crippen MR) is 93.9 cm³/mol. The Bertz CT molecular complexity index is 528. The Morgan fingerprint density at radius 1 is 1.35 bits per heavy atom. The van der Waals surface area contributed by atoms with Crippen molar-refractivity contribution in [3.05, 3.63) is 29.8 Å². The van der Waals surface area contributed by atoms with Crippen molar-refractivity contribution in [1.82, 2.24) is 4.90 Å². The summed E-state index contributed by atoms with van der Waals surface area (Å²) >= 11 is 0. The van der Waals surface area contributed by atoms with E-state index in [4.69, 9.17) is 10.5 Å². The molecule has 1 aliphatic heterocycles. The minimum Gasteiger partial charge on any atom is -0.460 e. The van der Waals surface area contributed by atoms with Crippen LogP contribution in [-0.4, -0.2) is 29.6 Å². The van der Waals surface area contributed by atoms with Crippen LogP contribution in [0.2, 0.25) is 0 Å². The number of esters is 1. The first-order chi connectivity index (χ1) is 10.7. The minimum absolute atomic E-state index is 0.0243. The van der Waals surface area contributed by atoms with E-state index in [2.05, 4.69) is 11.0 Å². The molecule has 0 amide bonds. The lowest BCUT2D eigenvalue weighted by Crippen LogP contribution is -2.38. The number of nitrogens with zero attached hydrogens (tertiary/aromatic N) is 1. The van der Waals surface area contributed by atoms with E-state index in [9.17, 15) is 4.79 Å². The van der Waals surface area contributed by atoms with Gasteiger partial charge in [0.05, 0.1) is 5.92 Å². The van der Waals surface area contributed by atoms with Crippen molar-refractivity contribution in [2.24, 2.45) is 11.8 Å². The van der Waals surface area contributed by atoms with Crippen LogP contribution >= 0.6 is 0 Å². The quantitative estimate of drug-likeness (QED) is 0.682. The first-order valence-corrected chi connectivity index (χ1v) is 8.54. The summed E-state index contributed by atoms with van der Waals surface area (Å²) in [6, 6.07) is 8.07. The number of piperidine rings is 1. The topological polar surface area (TPSA) is 55.6 Å². The van der Waals surface area contributed by atoms with E-state index >= 15 is 0 Å². The van der Waals surface area contributed by atoms with Crippen LogP contribution in [0.5, 0.6) is 0 Å². The minimum atomic E-state index is -0.403. The van der Waals surface area contributed by atoms with Gasteiger partial charge in [-0.05, 0) is 70.3 Å². The van der Waals surface area contributed by atoms with Gasteiger partial charge in [-0.1, -0.05) is 19.1 Å². The second-order valence-electron chi connectivity index (χ2n) is 7.68. The molecule has 1 aliphatic rings. The van der Waals surface area contributed by atoms with Gasteiger partial charge in [0.2, 0.25) is 0 Å². The summed E-state index contributed by atoms with van der Waals surface area (Å²) in [6.07, 6.45) is 2.09. The molecule has 1 atom stereocenters. The second kappa shape index (κ2) is 7.35. The van der Waals surface area contributed by atoms with Crippen molar-refractivity contribution in [3.63, 3.8) is 0 Å². The standard InChI is InChI=1S/C19H30N2O2/c1-14(18(22)23-19(2,3)4)16-8-10-21(11-9-16)13-15-6-5-7-17(20)12-15/h5-7,12,14,16H,8-11,13,20H2,1-4H3. The number of hydrogen-bond donors (Lipinski definition) is 1. The smallest absolute Gasteiger partial charge is 0.309 e. The summed E-state index contributed by atoms with van der Waals surface area (Å²) in [5.41, 5.74) is 7.50. The van der Waals surface area contributed by atoms with Crippen LogP contribution in [0.25, 0.3) is 0 Å². The summed E-state index contributed by atoms with van der Waals surface area (Å²) in [4.78, 5) is 14.7. The molecule has 0 spiro atoms. The van der Waals surface area contributed by atoms with Gasteiger partial charge in [0.25, 0.3) is 0 Å². The molecular formula is C19H30N2O2. The van der Waals surface area contributed by atoms with Crippen molar-refractivity contribution < 1.29 is 9.53 Å². The zero-order valence-corrected chi connectivity index (χ0v) is 14.8. The molecule has 0 aromatic heterocycles. The van der Waals surface area contributed by atoms with E-state index in [1.165, 1.54) is 5.56 Å². The molecule has 1 unspecified atom stereocenters. The van der Waals surface area contributed by atoms with E-state index in [-0.39, 0.29) is 11.9 Å². The molecule has 1 aromatic rings. The highest BCUT2D eigenvalue weighted by Crippen LogP contribution is 2.28. The Hall–Kier alpha value is -1.55. The molecule has 1 heterocycles. The molecule has 0 saturated carbocycles. The summed E-state index contributed by atoms with van der Waals surface area (Å²) < 4.78 is 5.52. The first-order valence-electron chi connectivity index (χ1n) is 8.54. The van der Waals surface area contributed by atoms with E-state index in [1.54, 1.807) is 0 Å². The van der Waals surface area contributed by atoms with E-state index < -0.39 is 5.60 Å². The zero-order chi connectivity index (χ0) is 17.0. The van der Waals surface area contributed by atoms with Gasteiger partial charge in [0, 0.05) is 12.2 Å². The van der Waals surface area contributed by atoms with Gasteiger partial charge in [-0.2, -0.15) is 0 Å². The van der Waals surface area contributed by atoms with Crippen LogP contribution in [0.15, 0.2) is 24.3 Å². The summed E-state index contributed by atoms with van der Waals surface area (Å²) in [5.74, 6) is 0.331. The van der Waals surface area contributed by atoms with Crippen molar-refractivity contribution >= 4 is 11.7 Å². The lowest BCUT2D eigenvalue weighted by atomic mass is 9.85. The Balaban J connectivity index is 1.82. The fourth-order valence-electron chi connectivity index (χ4n) is 3.15. The number of likely N-dealkylation sites (tertiary alicyclic amines) is 1. The normalized spacial score (nSPS) is 18.6. The average molecular weight is 318 g/mol. The first kappa shape index (κ1) is 17.8. The fraction of sp³-hybridized carbons (Fsp3) is 0.632. The SMILES string of the molecule is CC(C(=O)OC(C)(C)C)C1CCN(Cc2cccc(N)c2)CC1. The molecule has 0 radical (unpaired) electrons. The number of anilines is 1. The van der Waals surface area contributed by atoms with Crippen molar-refractivity contribution in [2.45, 2.75) is 52.7 Å². The number of hydrogen-bond acceptors (Lipinski definition) is 4. The number of carbonyl (C=O) groups is 1. The van der Waals surface area contributed by atoms with Gasteiger partial charge in [-0.25, -0.2) is 0 Å². The molecule has 4 heteroatoms. The highest BCUT2D eigenvalue weighted by Gasteiger charge is 2.31. The number of ether oxygens (including phenoxy) is 1. The van der Waals surface area contributed by atoms with Gasteiger partial charge >= 0.3 is 5.97 Å². The fourth-order valence-corrected chi connectivity index (χ4v) is 3.15. The number of carbonyl (C=O) groups excluding carboxylic acids is 1. The monoisotopic (exact) mass is 318 g/mol. The number of benzene rings is 1. The van der Waals surface area contributed by atoms with Crippen LogP contribution in [0.4, 0.5) is 5.69 Å². The van der Waals surface area contributed by atoms with Gasteiger partial charge in [0.1, 0.15) is 5.60 Å². The van der Waals surface area contributed by atoms with E-state index in [1.807, 2.05) is 45.9 Å². The molecule has 23 heavy (non-hydrogen) atoms. The largest absolute Gasteiger partial charge is 0.460 e. The third-order valence-electron chi connectivity index (χ3n) is 4.48. The number of nitrogens with two attached hydrogens (primary N) is 1. The summed E-state index contributed by atoms with van der Waals surface area (Å²) in [5, 5.41) is 0. The van der Waals surface area contributed by atoms with Crippen LogP contribution in [0.1, 0.15) is 46.1 Å². The van der Waals surface area contributed by atoms with Crippen LogP contribution in [0.3, 0.4) is 0 Å². The second-order valence-corrected chi connectivity index (χ2v) is 7.68. The average Bonchev–Trinajstić information content (AvgIpc) is 2.45. The van der Waals surface area contributed by atoms with Gasteiger partial charge in [-0.15, -0.1) is 0 Å². The summed E-state index contributed by atoms with van der Waals surface area (Å²) in [6.45, 7) is 10.7. The predicted octanol–water partition coefficient (Wildman–Crippen LogP) is 3.46. The zero-order valence-electron chi connectivity index (χ0n) is 14.8. The molecule has 128 valence electrons. The van der Waals surface area contributed by atoms with Crippen LogP contribution in [0, 0.1) is 11.8 Å². The molecule has 0 bridgehead atoms. The Morgan fingerprint density at radius 3 is 2.57 bits per heavy atom. The molecular weight excluding hydrogens is 288 g/mol. The van der Waals surface area contributed by atoms with Crippen LogP contribution in [-0.2, 0) is 16.1 Å². The molecule has 2 N–H and O–H groups in total. The van der Waals surface area contributed by atoms with Crippen LogP contribution < -0.4 is 5.73 Å². The summed E-state index contributed by atoms with van der Waals surface area (Å²) in [7, 11) is 0. The molecule has 4 nitrogen and oxygen atoms in total. The Morgan fingerprint density at radius 2 is 2.00 bits per heavy atom. The molecule has 2 rings (SSSR count). The maximum atomic E-state index is 12.2. The number of rotatable bonds is 4. The number of nitrogen functional groups attached to an aromatic ring is 1. The van der Waals surface area contributed by atoms with Gasteiger partial charge < -0.3 is 10.5 Å². The molecule has 1 saturated heterocycles. The molecule has 1 fully saturated rings. The Kier molecular flexibility index (Phi) is 5.69. The van der Waals surface area contributed by atoms with E-state index in [0.717, 1.165) is 38.2 Å². The maximum Gasteiger partial charge on any atom is 0.309 e. The van der Waals surface area contributed by atoms with Crippen molar-refractivity contribution in [3.8, 4) is 0 Å². The third kappa shape index (κ3) is 5.54. The van der Waals surface area contributed by atoms with Crippen molar-refractivity contribution in [1.29, 1.82) is 0 Å². The van der Waals surface area contributed by atoms with Gasteiger partial charge in [-0.3, -0.25) is 9.69 Å². The maximum absolute atomic E-state index is 12.2.